The van der Waals surface area contributed by atoms with E-state index in [1.807, 2.05) is 103 Å². The lowest BCUT2D eigenvalue weighted by molar-refractivity contribution is -0.128. The van der Waals surface area contributed by atoms with Gasteiger partial charge in [0, 0.05) is 22.0 Å². The van der Waals surface area contributed by atoms with Crippen molar-refractivity contribution in [3.05, 3.63) is 94.2 Å². The molecule has 46 heavy (non-hydrogen) atoms. The first kappa shape index (κ1) is 39.1. The minimum atomic E-state index is -4.53. The van der Waals surface area contributed by atoms with E-state index in [1.54, 1.807) is 6.08 Å². The molecule has 3 N–H and O–H groups in total. The Bertz CT molecular complexity index is 1560. The van der Waals surface area contributed by atoms with Crippen molar-refractivity contribution in [2.24, 2.45) is 16.2 Å². The van der Waals surface area contributed by atoms with Crippen molar-refractivity contribution in [3.63, 3.8) is 0 Å². The van der Waals surface area contributed by atoms with E-state index in [9.17, 15) is 23.4 Å². The van der Waals surface area contributed by atoms with Crippen LogP contribution in [0, 0.1) is 28.1 Å². The van der Waals surface area contributed by atoms with Crippen LogP contribution in [0.15, 0.2) is 94.2 Å². The van der Waals surface area contributed by atoms with Gasteiger partial charge < -0.3 is 10.2 Å². The maximum Gasteiger partial charge on any atom is 0.397 e. The van der Waals surface area contributed by atoms with E-state index in [0.29, 0.717) is 36.8 Å². The SMILES string of the molecule is CC1=C(C#C/C(=C/C=C/C(C)=C/C=C/C=C(C)/C=C/C=C(\C)C(=O)[C@]2(C)C[C@@H](O)CC2(C)C)CO)C(C)(C)C[C@H](OS(=O)(=O)O)C1. The zero-order valence-electron chi connectivity index (χ0n) is 28.8. The van der Waals surface area contributed by atoms with E-state index in [1.165, 1.54) is 0 Å². The summed E-state index contributed by atoms with van der Waals surface area (Å²) in [6.45, 7) is 17.4. The molecule has 2 aliphatic carbocycles. The van der Waals surface area contributed by atoms with E-state index >= 15 is 0 Å². The number of allylic oxidation sites excluding steroid dienone is 14. The lowest BCUT2D eigenvalue weighted by Gasteiger charge is -2.36. The summed E-state index contributed by atoms with van der Waals surface area (Å²) < 4.78 is 36.2. The monoisotopic (exact) mass is 652 g/mol. The second kappa shape index (κ2) is 16.2. The zero-order valence-corrected chi connectivity index (χ0v) is 29.7. The van der Waals surface area contributed by atoms with E-state index < -0.39 is 33.4 Å². The summed E-state index contributed by atoms with van der Waals surface area (Å²) in [5.74, 6) is 6.30. The van der Waals surface area contributed by atoms with E-state index in [-0.39, 0.29) is 17.8 Å². The summed E-state index contributed by atoms with van der Waals surface area (Å²) in [6, 6.07) is 0. The normalized spacial score (nSPS) is 26.3. The Labute approximate surface area is 276 Å². The van der Waals surface area contributed by atoms with Crippen molar-refractivity contribution >= 4 is 16.2 Å². The number of hydrogen-bond acceptors (Lipinski definition) is 6. The summed E-state index contributed by atoms with van der Waals surface area (Å²) in [5.41, 5.74) is 3.73. The van der Waals surface area contributed by atoms with Crippen molar-refractivity contribution in [3.8, 4) is 11.8 Å². The Morgan fingerprint density at radius 3 is 1.96 bits per heavy atom. The molecule has 0 saturated heterocycles. The lowest BCUT2D eigenvalue weighted by atomic mass is 9.65. The molecular formula is C38H52O7S. The number of Topliss-reactive ketones (excluding diaryl/α,β-unsaturated/α-hetero) is 1. The smallest absolute Gasteiger partial charge is 0.393 e. The molecule has 3 atom stereocenters. The molecule has 0 bridgehead atoms. The number of rotatable bonds is 11. The van der Waals surface area contributed by atoms with Crippen LogP contribution in [-0.4, -0.2) is 47.8 Å². The molecule has 1 fully saturated rings. The largest absolute Gasteiger partial charge is 0.397 e. The molecule has 8 heteroatoms. The number of aliphatic hydroxyl groups is 2. The van der Waals surface area contributed by atoms with Gasteiger partial charge in [0.15, 0.2) is 5.78 Å². The van der Waals surface area contributed by atoms with Gasteiger partial charge in [-0.25, -0.2) is 4.18 Å². The molecule has 0 unspecified atom stereocenters. The van der Waals surface area contributed by atoms with E-state index in [0.717, 1.165) is 22.3 Å². The molecule has 0 heterocycles. The molecule has 0 aromatic carbocycles. The second-order valence-electron chi connectivity index (χ2n) is 14.1. The maximum absolute atomic E-state index is 13.2. The predicted octanol–water partition coefficient (Wildman–Crippen LogP) is 7.50. The van der Waals surface area contributed by atoms with Crippen molar-refractivity contribution < 1.29 is 32.2 Å². The van der Waals surface area contributed by atoms with Crippen molar-refractivity contribution in [2.75, 3.05) is 6.61 Å². The van der Waals surface area contributed by atoms with E-state index in [2.05, 4.69) is 25.7 Å². The first-order chi connectivity index (χ1) is 21.2. The topological polar surface area (TPSA) is 121 Å². The van der Waals surface area contributed by atoms with Crippen LogP contribution in [0.4, 0.5) is 0 Å². The van der Waals surface area contributed by atoms with Gasteiger partial charge in [0.1, 0.15) is 0 Å². The van der Waals surface area contributed by atoms with Gasteiger partial charge in [0.25, 0.3) is 0 Å². The highest BCUT2D eigenvalue weighted by Gasteiger charge is 2.53. The van der Waals surface area contributed by atoms with Crippen molar-refractivity contribution in [1.82, 2.24) is 0 Å². The molecule has 1 saturated carbocycles. The fourth-order valence-electron chi connectivity index (χ4n) is 6.29. The number of carbonyl (C=O) groups is 1. The van der Waals surface area contributed by atoms with Gasteiger partial charge in [-0.2, -0.15) is 8.42 Å². The van der Waals surface area contributed by atoms with Crippen LogP contribution >= 0.6 is 0 Å². The average molecular weight is 653 g/mol. The van der Waals surface area contributed by atoms with Gasteiger partial charge in [-0.1, -0.05) is 118 Å². The first-order valence-electron chi connectivity index (χ1n) is 15.7. The Morgan fingerprint density at radius 2 is 1.48 bits per heavy atom. The van der Waals surface area contributed by atoms with Gasteiger partial charge in [0.2, 0.25) is 0 Å². The van der Waals surface area contributed by atoms with Gasteiger partial charge in [-0.3, -0.25) is 9.35 Å². The highest BCUT2D eigenvalue weighted by atomic mass is 32.3. The fraction of sp³-hybridized carbons (Fsp3) is 0.500. The first-order valence-corrected chi connectivity index (χ1v) is 17.0. The number of ketones is 1. The van der Waals surface area contributed by atoms with Gasteiger partial charge in [0.05, 0.1) is 18.8 Å². The van der Waals surface area contributed by atoms with Crippen LogP contribution < -0.4 is 0 Å². The Balaban J connectivity index is 2.01. The van der Waals surface area contributed by atoms with Crippen LogP contribution in [0.25, 0.3) is 0 Å². The number of hydrogen-bond donors (Lipinski definition) is 3. The zero-order chi connectivity index (χ0) is 34.9. The van der Waals surface area contributed by atoms with Crippen molar-refractivity contribution in [1.29, 1.82) is 0 Å². The molecule has 2 aliphatic rings. The van der Waals surface area contributed by atoms with Crippen LogP contribution in [0.3, 0.4) is 0 Å². The van der Waals surface area contributed by atoms with Crippen LogP contribution in [0.2, 0.25) is 0 Å². The number of carbonyl (C=O) groups excluding carboxylic acids is 1. The van der Waals surface area contributed by atoms with Crippen molar-refractivity contribution in [2.45, 2.75) is 100 Å². The number of aliphatic hydroxyl groups excluding tert-OH is 2. The third-order valence-corrected chi connectivity index (χ3v) is 9.60. The second-order valence-corrected chi connectivity index (χ2v) is 15.1. The molecule has 0 aromatic rings. The molecule has 0 aromatic heterocycles. The summed E-state index contributed by atoms with van der Waals surface area (Å²) in [5, 5.41) is 20.0. The fourth-order valence-corrected chi connectivity index (χ4v) is 6.77. The molecule has 252 valence electrons. The van der Waals surface area contributed by atoms with Crippen LogP contribution in [0.1, 0.15) is 88.0 Å². The third kappa shape index (κ3) is 11.3. The maximum atomic E-state index is 13.2. The Hall–Kier alpha value is -3.06. The molecule has 0 radical (unpaired) electrons. The minimum Gasteiger partial charge on any atom is -0.393 e. The van der Waals surface area contributed by atoms with Gasteiger partial charge >= 0.3 is 10.4 Å². The molecular weight excluding hydrogens is 600 g/mol. The summed E-state index contributed by atoms with van der Waals surface area (Å²) >= 11 is 0. The summed E-state index contributed by atoms with van der Waals surface area (Å²) in [4.78, 5) is 13.2. The van der Waals surface area contributed by atoms with Gasteiger partial charge in [-0.15, -0.1) is 0 Å². The molecule has 0 amide bonds. The predicted molar refractivity (Wildman–Crippen MR) is 186 cm³/mol. The summed E-state index contributed by atoms with van der Waals surface area (Å²) in [6.07, 6.45) is 19.8. The van der Waals surface area contributed by atoms with Crippen LogP contribution in [0.5, 0.6) is 0 Å². The highest BCUT2D eigenvalue weighted by molar-refractivity contribution is 7.80. The molecule has 0 spiro atoms. The Morgan fingerprint density at radius 1 is 0.913 bits per heavy atom. The standard InChI is InChI=1S/C38H52O7S/c1-27(16-12-18-29(3)35(41)38(9)24-32(40)23-37(38,7)8)14-10-11-15-28(2)17-13-19-31(26-39)20-21-34-30(4)22-33(25-36(34,5)6)45-46(42,43)44/h10-19,32-33,39-40H,22-26H2,1-9H3,(H,42,43,44)/b11-10+,16-12+,17-13+,27-14+,28-15+,29-18+,31-19-/t32-,33+,38-/m0/s1. The lowest BCUT2D eigenvalue weighted by Crippen LogP contribution is -2.38. The molecule has 0 aliphatic heterocycles. The molecule has 7 nitrogen and oxygen atoms in total. The van der Waals surface area contributed by atoms with Crippen LogP contribution in [-0.2, 0) is 19.4 Å². The average Bonchev–Trinajstić information content (AvgIpc) is 3.13. The van der Waals surface area contributed by atoms with E-state index in [4.69, 9.17) is 8.74 Å². The molecule has 2 rings (SSSR count). The highest BCUT2D eigenvalue weighted by Crippen LogP contribution is 2.53. The quantitative estimate of drug-likeness (QED) is 0.0915. The Kier molecular flexibility index (Phi) is 13.7. The minimum absolute atomic E-state index is 0.0901. The van der Waals surface area contributed by atoms with Gasteiger partial charge in [-0.05, 0) is 70.4 Å². The summed E-state index contributed by atoms with van der Waals surface area (Å²) in [7, 11) is -4.53. The third-order valence-electron chi connectivity index (χ3n) is 9.09.